The molecular weight excluding hydrogens is 496 g/mol. The first-order valence-electron chi connectivity index (χ1n) is 12.5. The van der Waals surface area contributed by atoms with E-state index in [1.165, 1.54) is 18.6 Å². The van der Waals surface area contributed by atoms with Crippen LogP contribution >= 0.6 is 11.5 Å². The Morgan fingerprint density at radius 3 is 2.24 bits per heavy atom. The summed E-state index contributed by atoms with van der Waals surface area (Å²) in [5.74, 6) is -0.163. The van der Waals surface area contributed by atoms with E-state index in [2.05, 4.69) is 16.3 Å². The predicted octanol–water partition coefficient (Wildman–Crippen LogP) is 7.62. The number of allylic oxidation sites excluding steroid dienone is 3. The van der Waals surface area contributed by atoms with Crippen LogP contribution in [0.15, 0.2) is 85.0 Å². The highest BCUT2D eigenvalue weighted by Crippen LogP contribution is 2.49. The second kappa shape index (κ2) is 11.6. The molecule has 1 aliphatic carbocycles. The Bertz CT molecular complexity index is 1380. The Morgan fingerprint density at radius 2 is 1.68 bits per heavy atom. The summed E-state index contributed by atoms with van der Waals surface area (Å²) in [6.07, 6.45) is 7.94. The van der Waals surface area contributed by atoms with Gasteiger partial charge in [-0.1, -0.05) is 79.4 Å². The minimum Gasteiger partial charge on any atom is -0.468 e. The highest BCUT2D eigenvalue weighted by molar-refractivity contribution is 7.10. The van der Waals surface area contributed by atoms with Gasteiger partial charge < -0.3 is 9.47 Å². The number of hydrogen-bond acceptors (Lipinski definition) is 6. The van der Waals surface area contributed by atoms with Crippen molar-refractivity contribution < 1.29 is 19.1 Å². The van der Waals surface area contributed by atoms with Crippen LogP contribution in [-0.4, -0.2) is 29.6 Å². The van der Waals surface area contributed by atoms with Crippen molar-refractivity contribution in [3.8, 4) is 21.6 Å². The maximum atomic E-state index is 12.7. The van der Waals surface area contributed by atoms with Gasteiger partial charge in [0.15, 0.2) is 0 Å². The Morgan fingerprint density at radius 1 is 1.08 bits per heavy atom. The SMILES string of the molecule is C=CC=C(C=CC)C(C)OC(=O)Nc1c(C)nsc1-c1ccc(-c2ccc(C3(C(=O)OC)CC3)cc2)cc1. The van der Waals surface area contributed by atoms with Gasteiger partial charge in [0.2, 0.25) is 0 Å². The second-order valence-electron chi connectivity index (χ2n) is 9.28. The van der Waals surface area contributed by atoms with Gasteiger partial charge in [-0.2, -0.15) is 4.37 Å². The Balaban J connectivity index is 1.48. The lowest BCUT2D eigenvalue weighted by Gasteiger charge is -2.15. The molecule has 3 aromatic rings. The molecule has 1 heterocycles. The average molecular weight is 529 g/mol. The molecule has 0 radical (unpaired) electrons. The summed E-state index contributed by atoms with van der Waals surface area (Å²) in [5, 5.41) is 2.89. The predicted molar refractivity (Wildman–Crippen MR) is 153 cm³/mol. The lowest BCUT2D eigenvalue weighted by Crippen LogP contribution is -2.21. The van der Waals surface area contributed by atoms with Gasteiger partial charge in [-0.15, -0.1) is 0 Å². The number of aryl methyl sites for hydroxylation is 1. The molecule has 1 fully saturated rings. The molecule has 0 saturated heterocycles. The lowest BCUT2D eigenvalue weighted by molar-refractivity contribution is -0.143. The molecule has 4 rings (SSSR count). The number of anilines is 1. The molecule has 2 aromatic carbocycles. The number of benzene rings is 2. The first-order chi connectivity index (χ1) is 18.3. The van der Waals surface area contributed by atoms with Crippen LogP contribution in [0.1, 0.15) is 37.9 Å². The fourth-order valence-electron chi connectivity index (χ4n) is 4.46. The van der Waals surface area contributed by atoms with Crippen LogP contribution in [0.2, 0.25) is 0 Å². The topological polar surface area (TPSA) is 77.5 Å². The zero-order chi connectivity index (χ0) is 27.3. The average Bonchev–Trinajstić information content (AvgIpc) is 3.67. The Labute approximate surface area is 227 Å². The number of esters is 1. The molecule has 0 spiro atoms. The number of ether oxygens (including phenoxy) is 2. The minimum absolute atomic E-state index is 0.163. The van der Waals surface area contributed by atoms with Gasteiger partial charge in [-0.05, 0) is 73.0 Å². The molecule has 6 nitrogen and oxygen atoms in total. The minimum atomic E-state index is -0.543. The molecule has 1 atom stereocenters. The Kier molecular flexibility index (Phi) is 8.27. The number of carbonyl (C=O) groups is 2. The number of nitrogens with one attached hydrogen (secondary N) is 1. The van der Waals surface area contributed by atoms with Gasteiger partial charge in [0.1, 0.15) is 6.10 Å². The van der Waals surface area contributed by atoms with Crippen LogP contribution in [-0.2, 0) is 19.7 Å². The smallest absolute Gasteiger partial charge is 0.412 e. The normalized spacial score (nSPS) is 15.1. The van der Waals surface area contributed by atoms with Crippen molar-refractivity contribution in [2.24, 2.45) is 0 Å². The molecule has 0 aliphatic heterocycles. The highest BCUT2D eigenvalue weighted by Gasteiger charge is 2.52. The molecule has 1 amide bonds. The van der Waals surface area contributed by atoms with E-state index in [0.717, 1.165) is 51.2 Å². The highest BCUT2D eigenvalue weighted by atomic mass is 32.1. The van der Waals surface area contributed by atoms with Crippen molar-refractivity contribution in [1.29, 1.82) is 0 Å². The number of amides is 1. The molecule has 1 aliphatic rings. The molecule has 1 aromatic heterocycles. The third kappa shape index (κ3) is 5.63. The summed E-state index contributed by atoms with van der Waals surface area (Å²) >= 11 is 1.33. The van der Waals surface area contributed by atoms with Crippen molar-refractivity contribution in [2.75, 3.05) is 12.4 Å². The zero-order valence-corrected chi connectivity index (χ0v) is 22.9. The summed E-state index contributed by atoms with van der Waals surface area (Å²) in [6.45, 7) is 9.31. The second-order valence-corrected chi connectivity index (χ2v) is 10.0. The monoisotopic (exact) mass is 528 g/mol. The fraction of sp³-hybridized carbons (Fsp3) is 0.258. The van der Waals surface area contributed by atoms with Crippen molar-refractivity contribution in [1.82, 2.24) is 4.37 Å². The van der Waals surface area contributed by atoms with E-state index in [9.17, 15) is 9.59 Å². The summed E-state index contributed by atoms with van der Waals surface area (Å²) in [6, 6.07) is 16.2. The van der Waals surface area contributed by atoms with Gasteiger partial charge in [-0.3, -0.25) is 10.1 Å². The standard InChI is InChI=1S/C31H32N2O4S/c1-6-8-22(9-7-2)21(4)37-30(35)32-27-20(3)33-38-28(27)25-12-10-23(11-13-25)24-14-16-26(17-15-24)31(18-19-31)29(34)36-5/h6-17,21H,1,18-19H2,2-5H3,(H,32,35). The lowest BCUT2D eigenvalue weighted by atomic mass is 9.93. The van der Waals surface area contributed by atoms with Crippen LogP contribution in [0.3, 0.4) is 0 Å². The first kappa shape index (κ1) is 27.1. The zero-order valence-electron chi connectivity index (χ0n) is 22.1. The van der Waals surface area contributed by atoms with Crippen LogP contribution in [0.25, 0.3) is 21.6 Å². The summed E-state index contributed by atoms with van der Waals surface area (Å²) in [5.41, 5.74) is 5.80. The largest absolute Gasteiger partial charge is 0.468 e. The number of nitrogens with zero attached hydrogens (tertiary/aromatic N) is 1. The quantitative estimate of drug-likeness (QED) is 0.228. The van der Waals surface area contributed by atoms with E-state index in [-0.39, 0.29) is 5.97 Å². The van der Waals surface area contributed by atoms with E-state index < -0.39 is 17.6 Å². The van der Waals surface area contributed by atoms with Gasteiger partial charge in [0.25, 0.3) is 0 Å². The third-order valence-corrected chi connectivity index (χ3v) is 7.74. The number of carbonyl (C=O) groups excluding carboxylic acids is 2. The maximum absolute atomic E-state index is 12.7. The number of rotatable bonds is 9. The van der Waals surface area contributed by atoms with E-state index in [1.54, 1.807) is 6.08 Å². The number of methoxy groups -OCH3 is 1. The van der Waals surface area contributed by atoms with Crippen molar-refractivity contribution in [3.05, 3.63) is 96.2 Å². The maximum Gasteiger partial charge on any atom is 0.412 e. The molecular formula is C31H32N2O4S. The molecule has 1 saturated carbocycles. The molecule has 1 N–H and O–H groups in total. The van der Waals surface area contributed by atoms with Crippen LogP contribution in [0, 0.1) is 6.92 Å². The summed E-state index contributed by atoms with van der Waals surface area (Å²) in [4.78, 5) is 25.8. The van der Waals surface area contributed by atoms with Crippen LogP contribution in [0.5, 0.6) is 0 Å². The van der Waals surface area contributed by atoms with Crippen molar-refractivity contribution in [3.63, 3.8) is 0 Å². The number of hydrogen-bond donors (Lipinski definition) is 1. The third-order valence-electron chi connectivity index (χ3n) is 6.76. The molecule has 196 valence electrons. The van der Waals surface area contributed by atoms with E-state index >= 15 is 0 Å². The van der Waals surface area contributed by atoms with Crippen molar-refractivity contribution >= 4 is 29.3 Å². The molecule has 0 bridgehead atoms. The van der Waals surface area contributed by atoms with Gasteiger partial charge in [-0.25, -0.2) is 4.79 Å². The number of aromatic nitrogens is 1. The summed E-state index contributed by atoms with van der Waals surface area (Å²) in [7, 11) is 1.44. The van der Waals surface area contributed by atoms with Gasteiger partial charge in [0.05, 0.1) is 28.8 Å². The van der Waals surface area contributed by atoms with E-state index in [4.69, 9.17) is 9.47 Å². The van der Waals surface area contributed by atoms with Gasteiger partial charge in [0, 0.05) is 0 Å². The van der Waals surface area contributed by atoms with Crippen LogP contribution in [0.4, 0.5) is 10.5 Å². The fourth-order valence-corrected chi connectivity index (χ4v) is 5.31. The summed E-state index contributed by atoms with van der Waals surface area (Å²) < 4.78 is 15.1. The molecule has 1 unspecified atom stereocenters. The van der Waals surface area contributed by atoms with Crippen molar-refractivity contribution in [2.45, 2.75) is 45.1 Å². The molecule has 38 heavy (non-hydrogen) atoms. The Hall–Kier alpha value is -3.97. The molecule has 7 heteroatoms. The van der Waals surface area contributed by atoms with E-state index in [0.29, 0.717) is 5.69 Å². The van der Waals surface area contributed by atoms with E-state index in [1.807, 2.05) is 87.5 Å². The first-order valence-corrected chi connectivity index (χ1v) is 13.3. The van der Waals surface area contributed by atoms with Crippen LogP contribution < -0.4 is 5.32 Å². The van der Waals surface area contributed by atoms with Gasteiger partial charge >= 0.3 is 12.1 Å².